The molecule has 4 aromatic rings. The largest absolute Gasteiger partial charge is 0.465 e. The van der Waals surface area contributed by atoms with Gasteiger partial charge in [-0.3, -0.25) is 4.79 Å². The van der Waals surface area contributed by atoms with Crippen molar-refractivity contribution in [2.45, 2.75) is 42.3 Å². The van der Waals surface area contributed by atoms with Crippen molar-refractivity contribution in [1.82, 2.24) is 4.31 Å². The van der Waals surface area contributed by atoms with E-state index in [-0.39, 0.29) is 11.5 Å². The first-order valence-corrected chi connectivity index (χ1v) is 14.4. The molecule has 6 nitrogen and oxygen atoms in total. The standard InChI is InChI=1S/C32H31NO5S/c1-3-38-31(34)30-32(35,26-17-11-6-12-18-26)28(24-13-7-4-8-14-24)29(25-15-9-5-10-16-25)33(30)39(36,37)27-21-19-23(2)20-22-27/h4-22,28-30,35H,3H2,1-2H3/t28-,29+,30-,32+/m1/s1. The Morgan fingerprint density at radius 3 is 1.87 bits per heavy atom. The van der Waals surface area contributed by atoms with Crippen LogP contribution in [0.3, 0.4) is 0 Å². The lowest BCUT2D eigenvalue weighted by molar-refractivity contribution is -0.155. The molecule has 4 atom stereocenters. The van der Waals surface area contributed by atoms with Crippen LogP contribution in [0.25, 0.3) is 0 Å². The smallest absolute Gasteiger partial charge is 0.327 e. The molecule has 1 heterocycles. The van der Waals surface area contributed by atoms with Gasteiger partial charge in [0, 0.05) is 5.92 Å². The number of aliphatic hydroxyl groups is 1. The Hall–Kier alpha value is -3.78. The fourth-order valence-corrected chi connectivity index (χ4v) is 7.46. The minimum absolute atomic E-state index is 0.0324. The average Bonchev–Trinajstić information content (AvgIpc) is 3.26. The number of carbonyl (C=O) groups excluding carboxylic acids is 1. The zero-order valence-corrected chi connectivity index (χ0v) is 22.7. The van der Waals surface area contributed by atoms with E-state index in [1.807, 2.05) is 73.7 Å². The predicted molar refractivity (Wildman–Crippen MR) is 149 cm³/mol. The summed E-state index contributed by atoms with van der Waals surface area (Å²) >= 11 is 0. The van der Waals surface area contributed by atoms with Crippen molar-refractivity contribution in [3.63, 3.8) is 0 Å². The summed E-state index contributed by atoms with van der Waals surface area (Å²) in [6, 6.07) is 31.3. The van der Waals surface area contributed by atoms with Gasteiger partial charge < -0.3 is 9.84 Å². The number of aryl methyl sites for hydroxylation is 1. The lowest BCUT2D eigenvalue weighted by atomic mass is 9.72. The first kappa shape index (κ1) is 26.8. The van der Waals surface area contributed by atoms with E-state index in [1.54, 1.807) is 43.3 Å². The van der Waals surface area contributed by atoms with Gasteiger partial charge in [0.05, 0.1) is 17.5 Å². The third-order valence-electron chi connectivity index (χ3n) is 7.38. The molecule has 0 unspecified atom stereocenters. The van der Waals surface area contributed by atoms with Gasteiger partial charge in [-0.15, -0.1) is 0 Å². The number of benzene rings is 4. The molecule has 5 rings (SSSR count). The molecule has 0 aliphatic carbocycles. The highest BCUT2D eigenvalue weighted by molar-refractivity contribution is 7.89. The van der Waals surface area contributed by atoms with Gasteiger partial charge in [0.1, 0.15) is 5.60 Å². The molecular formula is C32H31NO5S. The van der Waals surface area contributed by atoms with Gasteiger partial charge in [-0.2, -0.15) is 4.31 Å². The summed E-state index contributed by atoms with van der Waals surface area (Å²) in [5.74, 6) is -1.64. The fraction of sp³-hybridized carbons (Fsp3) is 0.219. The number of esters is 1. The second-order valence-electron chi connectivity index (χ2n) is 9.74. The van der Waals surface area contributed by atoms with Crippen LogP contribution < -0.4 is 0 Å². The average molecular weight is 542 g/mol. The molecule has 200 valence electrons. The Bertz CT molecular complexity index is 1530. The van der Waals surface area contributed by atoms with Gasteiger partial charge in [0.2, 0.25) is 10.0 Å². The monoisotopic (exact) mass is 541 g/mol. The van der Waals surface area contributed by atoms with Gasteiger partial charge in [-0.05, 0) is 42.7 Å². The van der Waals surface area contributed by atoms with Crippen molar-refractivity contribution in [2.24, 2.45) is 0 Å². The minimum Gasteiger partial charge on any atom is -0.465 e. The van der Waals surface area contributed by atoms with E-state index < -0.39 is 39.6 Å². The van der Waals surface area contributed by atoms with Crippen LogP contribution in [0.5, 0.6) is 0 Å². The third kappa shape index (κ3) is 4.67. The Labute approximate surface area is 229 Å². The number of rotatable bonds is 7. The number of nitrogens with zero attached hydrogens (tertiary/aromatic N) is 1. The molecular weight excluding hydrogens is 510 g/mol. The van der Waals surface area contributed by atoms with E-state index in [4.69, 9.17) is 4.74 Å². The summed E-state index contributed by atoms with van der Waals surface area (Å²) < 4.78 is 35.8. The molecule has 4 aromatic carbocycles. The SMILES string of the molecule is CCOC(=O)[C@H]1N(S(=O)(=O)c2ccc(C)cc2)[C@@H](c2ccccc2)[C@@H](c2ccccc2)[C@@]1(O)c1ccccc1. The van der Waals surface area contributed by atoms with Crippen LogP contribution in [0.4, 0.5) is 0 Å². The Morgan fingerprint density at radius 1 is 0.821 bits per heavy atom. The maximum absolute atomic E-state index is 14.6. The van der Waals surface area contributed by atoms with E-state index in [0.29, 0.717) is 16.7 Å². The lowest BCUT2D eigenvalue weighted by Gasteiger charge is -2.35. The van der Waals surface area contributed by atoms with Gasteiger partial charge in [-0.1, -0.05) is 109 Å². The van der Waals surface area contributed by atoms with E-state index in [2.05, 4.69) is 0 Å². The van der Waals surface area contributed by atoms with Gasteiger partial charge >= 0.3 is 5.97 Å². The Balaban J connectivity index is 1.87. The van der Waals surface area contributed by atoms with Gasteiger partial charge in [0.25, 0.3) is 0 Å². The molecule has 1 saturated heterocycles. The molecule has 0 bridgehead atoms. The molecule has 0 spiro atoms. The molecule has 0 radical (unpaired) electrons. The number of ether oxygens (including phenoxy) is 1. The topological polar surface area (TPSA) is 83.9 Å². The van der Waals surface area contributed by atoms with Crippen LogP contribution in [0.2, 0.25) is 0 Å². The van der Waals surface area contributed by atoms with E-state index in [9.17, 15) is 18.3 Å². The Morgan fingerprint density at radius 2 is 1.33 bits per heavy atom. The molecule has 1 aliphatic rings. The molecule has 1 N–H and O–H groups in total. The highest BCUT2D eigenvalue weighted by Crippen LogP contribution is 2.59. The fourth-order valence-electron chi connectivity index (χ4n) is 5.67. The van der Waals surface area contributed by atoms with Gasteiger partial charge in [0.15, 0.2) is 6.04 Å². The van der Waals surface area contributed by atoms with Crippen molar-refractivity contribution < 1.29 is 23.1 Å². The summed E-state index contributed by atoms with van der Waals surface area (Å²) in [4.78, 5) is 13.9. The third-order valence-corrected chi connectivity index (χ3v) is 9.24. The maximum Gasteiger partial charge on any atom is 0.327 e. The lowest BCUT2D eigenvalue weighted by Crippen LogP contribution is -2.52. The van der Waals surface area contributed by atoms with Crippen LogP contribution in [0.15, 0.2) is 120 Å². The zero-order valence-electron chi connectivity index (χ0n) is 21.8. The van der Waals surface area contributed by atoms with Crippen molar-refractivity contribution in [3.8, 4) is 0 Å². The summed E-state index contributed by atoms with van der Waals surface area (Å²) in [6.07, 6.45) is 0. The zero-order chi connectivity index (χ0) is 27.6. The second kappa shape index (κ2) is 10.8. The van der Waals surface area contributed by atoms with Crippen LogP contribution in [0, 0.1) is 6.92 Å². The van der Waals surface area contributed by atoms with E-state index >= 15 is 0 Å². The summed E-state index contributed by atoms with van der Waals surface area (Å²) in [6.45, 7) is 3.57. The van der Waals surface area contributed by atoms with Crippen molar-refractivity contribution in [2.75, 3.05) is 6.61 Å². The highest BCUT2D eigenvalue weighted by Gasteiger charge is 2.66. The summed E-state index contributed by atoms with van der Waals surface area (Å²) in [7, 11) is -4.31. The normalized spacial score (nSPS) is 23.4. The molecule has 7 heteroatoms. The Kier molecular flexibility index (Phi) is 7.40. The summed E-state index contributed by atoms with van der Waals surface area (Å²) in [5, 5.41) is 12.9. The molecule has 0 saturated carbocycles. The van der Waals surface area contributed by atoms with Crippen LogP contribution in [0.1, 0.15) is 41.1 Å². The molecule has 1 fully saturated rings. The quantitative estimate of drug-likeness (QED) is 0.319. The van der Waals surface area contributed by atoms with Gasteiger partial charge in [-0.25, -0.2) is 8.42 Å². The predicted octanol–water partition coefficient (Wildman–Crippen LogP) is 5.34. The van der Waals surface area contributed by atoms with Crippen LogP contribution >= 0.6 is 0 Å². The second-order valence-corrected chi connectivity index (χ2v) is 11.6. The first-order chi connectivity index (χ1) is 18.8. The molecule has 0 aromatic heterocycles. The van der Waals surface area contributed by atoms with Crippen molar-refractivity contribution in [1.29, 1.82) is 0 Å². The van der Waals surface area contributed by atoms with Crippen molar-refractivity contribution >= 4 is 16.0 Å². The molecule has 1 aliphatic heterocycles. The summed E-state index contributed by atoms with van der Waals surface area (Å²) in [5.41, 5.74) is 0.740. The maximum atomic E-state index is 14.6. The van der Waals surface area contributed by atoms with E-state index in [0.717, 1.165) is 5.56 Å². The highest BCUT2D eigenvalue weighted by atomic mass is 32.2. The number of hydrogen-bond acceptors (Lipinski definition) is 5. The molecule has 39 heavy (non-hydrogen) atoms. The van der Waals surface area contributed by atoms with Crippen molar-refractivity contribution in [3.05, 3.63) is 138 Å². The van der Waals surface area contributed by atoms with Crippen LogP contribution in [-0.2, 0) is 25.2 Å². The van der Waals surface area contributed by atoms with E-state index in [1.165, 1.54) is 16.4 Å². The molecule has 0 amide bonds. The van der Waals surface area contributed by atoms with Crippen LogP contribution in [-0.4, -0.2) is 36.4 Å². The minimum atomic E-state index is -4.31. The first-order valence-electron chi connectivity index (χ1n) is 12.9. The number of sulfonamides is 1. The number of hydrogen-bond donors (Lipinski definition) is 1. The number of carbonyl (C=O) groups is 1.